The van der Waals surface area contributed by atoms with Crippen LogP contribution in [0.25, 0.3) is 6.08 Å². The molecule has 2 amide bonds. The van der Waals surface area contributed by atoms with Crippen molar-refractivity contribution in [3.8, 4) is 0 Å². The van der Waals surface area contributed by atoms with E-state index < -0.39 is 11.9 Å². The molecular weight excluding hydrogens is 444 g/mol. The number of esters is 2. The van der Waals surface area contributed by atoms with Gasteiger partial charge in [0.1, 0.15) is 0 Å². The summed E-state index contributed by atoms with van der Waals surface area (Å²) in [6.07, 6.45) is 3.36. The maximum absolute atomic E-state index is 12.7. The second-order valence-corrected chi connectivity index (χ2v) is 8.12. The maximum atomic E-state index is 12.7. The highest BCUT2D eigenvalue weighted by Gasteiger charge is 2.34. The molecule has 3 rings (SSSR count). The van der Waals surface area contributed by atoms with Gasteiger partial charge in [-0.3, -0.25) is 14.5 Å². The van der Waals surface area contributed by atoms with Crippen molar-refractivity contribution in [3.05, 3.63) is 70.1 Å². The first-order valence-corrected chi connectivity index (χ1v) is 11.2. The van der Waals surface area contributed by atoms with Crippen LogP contribution in [0.3, 0.4) is 0 Å². The van der Waals surface area contributed by atoms with Gasteiger partial charge in [0.15, 0.2) is 0 Å². The van der Waals surface area contributed by atoms with Gasteiger partial charge in [0.25, 0.3) is 11.1 Å². The van der Waals surface area contributed by atoms with Gasteiger partial charge in [0, 0.05) is 5.69 Å². The number of anilines is 1. The number of unbranched alkanes of at least 4 members (excludes halogenated alkanes) is 1. The minimum absolute atomic E-state index is 0.0103. The van der Waals surface area contributed by atoms with Gasteiger partial charge in [-0.2, -0.15) is 0 Å². The van der Waals surface area contributed by atoms with E-state index >= 15 is 0 Å². The van der Waals surface area contributed by atoms with Crippen molar-refractivity contribution in [2.24, 2.45) is 0 Å². The lowest BCUT2D eigenvalue weighted by Crippen LogP contribution is -2.33. The number of thioether (sulfide) groups is 1. The van der Waals surface area contributed by atoms with Crippen molar-refractivity contribution in [1.82, 2.24) is 4.90 Å². The highest BCUT2D eigenvalue weighted by atomic mass is 32.2. The zero-order chi connectivity index (χ0) is 23.8. The predicted octanol–water partition coefficient (Wildman–Crippen LogP) is 4.54. The molecular formula is C24H24N2O6S. The largest absolute Gasteiger partial charge is 0.465 e. The Morgan fingerprint density at radius 1 is 1.00 bits per heavy atom. The molecule has 1 heterocycles. The number of amides is 2. The smallest absolute Gasteiger partial charge is 0.338 e. The number of carbonyl (C=O) groups excluding carboxylic acids is 4. The molecule has 0 bridgehead atoms. The summed E-state index contributed by atoms with van der Waals surface area (Å²) >= 11 is 0.848. The first-order valence-electron chi connectivity index (χ1n) is 10.4. The number of methoxy groups -OCH3 is 1. The van der Waals surface area contributed by atoms with Crippen LogP contribution in [0.2, 0.25) is 0 Å². The molecule has 0 unspecified atom stereocenters. The van der Waals surface area contributed by atoms with Gasteiger partial charge in [0.2, 0.25) is 0 Å². The zero-order valence-corrected chi connectivity index (χ0v) is 19.1. The highest BCUT2D eigenvalue weighted by molar-refractivity contribution is 8.18. The second kappa shape index (κ2) is 11.3. The quantitative estimate of drug-likeness (QED) is 0.325. The Bertz CT molecular complexity index is 1060. The van der Waals surface area contributed by atoms with E-state index in [1.54, 1.807) is 54.6 Å². The normalized spacial score (nSPS) is 14.5. The average Bonchev–Trinajstić information content (AvgIpc) is 3.10. The lowest BCUT2D eigenvalue weighted by molar-refractivity contribution is -0.122. The van der Waals surface area contributed by atoms with Crippen molar-refractivity contribution in [2.75, 3.05) is 25.7 Å². The number of imide groups is 1. The molecule has 0 saturated carbocycles. The van der Waals surface area contributed by atoms with E-state index in [-0.39, 0.29) is 22.8 Å². The van der Waals surface area contributed by atoms with Gasteiger partial charge in [-0.25, -0.2) is 9.59 Å². The molecule has 1 aliphatic rings. The van der Waals surface area contributed by atoms with E-state index in [9.17, 15) is 19.2 Å². The third kappa shape index (κ3) is 6.23. The summed E-state index contributed by atoms with van der Waals surface area (Å²) < 4.78 is 9.84. The number of nitrogens with one attached hydrogen (secondary N) is 1. The van der Waals surface area contributed by atoms with Crippen molar-refractivity contribution in [1.29, 1.82) is 0 Å². The van der Waals surface area contributed by atoms with Crippen molar-refractivity contribution in [3.63, 3.8) is 0 Å². The van der Waals surface area contributed by atoms with Gasteiger partial charge in [-0.1, -0.05) is 25.5 Å². The molecule has 2 aromatic rings. The summed E-state index contributed by atoms with van der Waals surface area (Å²) in [5.74, 6) is -1.24. The Morgan fingerprint density at radius 3 is 2.27 bits per heavy atom. The lowest BCUT2D eigenvalue weighted by Gasteiger charge is -2.14. The van der Waals surface area contributed by atoms with Gasteiger partial charge in [0.05, 0.1) is 36.4 Å². The number of carbonyl (C=O) groups is 4. The minimum atomic E-state index is -0.450. The van der Waals surface area contributed by atoms with Crippen LogP contribution in [0.5, 0.6) is 0 Å². The molecule has 8 nitrogen and oxygen atoms in total. The van der Waals surface area contributed by atoms with Crippen LogP contribution in [0.4, 0.5) is 10.5 Å². The van der Waals surface area contributed by atoms with Crippen LogP contribution in [0, 0.1) is 0 Å². The van der Waals surface area contributed by atoms with Crippen LogP contribution >= 0.6 is 11.8 Å². The molecule has 0 spiro atoms. The molecule has 2 aromatic carbocycles. The molecule has 1 aliphatic heterocycles. The fourth-order valence-electron chi connectivity index (χ4n) is 2.91. The lowest BCUT2D eigenvalue weighted by atomic mass is 10.1. The number of rotatable bonds is 9. The summed E-state index contributed by atoms with van der Waals surface area (Å²) in [5.41, 5.74) is 2.17. The van der Waals surface area contributed by atoms with E-state index in [4.69, 9.17) is 4.74 Å². The Balaban J connectivity index is 1.58. The molecule has 9 heteroatoms. The number of hydrogen-bond acceptors (Lipinski definition) is 8. The summed E-state index contributed by atoms with van der Waals surface area (Å²) in [6, 6.07) is 13.2. The van der Waals surface area contributed by atoms with E-state index in [1.165, 1.54) is 7.11 Å². The number of nitrogens with zero attached hydrogens (tertiary/aromatic N) is 1. The molecule has 0 aliphatic carbocycles. The number of benzene rings is 2. The summed E-state index contributed by atoms with van der Waals surface area (Å²) in [4.78, 5) is 49.9. The van der Waals surface area contributed by atoms with E-state index in [0.29, 0.717) is 29.0 Å². The van der Waals surface area contributed by atoms with Gasteiger partial charge in [-0.15, -0.1) is 0 Å². The maximum Gasteiger partial charge on any atom is 0.338 e. The first kappa shape index (κ1) is 24.1. The van der Waals surface area contributed by atoms with Crippen LogP contribution in [0.1, 0.15) is 46.0 Å². The zero-order valence-electron chi connectivity index (χ0n) is 18.3. The molecule has 33 heavy (non-hydrogen) atoms. The van der Waals surface area contributed by atoms with E-state index in [2.05, 4.69) is 10.1 Å². The van der Waals surface area contributed by atoms with Crippen LogP contribution < -0.4 is 5.32 Å². The van der Waals surface area contributed by atoms with Gasteiger partial charge in [-0.05, 0) is 66.2 Å². The van der Waals surface area contributed by atoms with Crippen LogP contribution in [-0.2, 0) is 14.3 Å². The summed E-state index contributed by atoms with van der Waals surface area (Å²) in [5, 5.41) is 2.63. The third-order valence-electron chi connectivity index (χ3n) is 4.80. The Hall–Kier alpha value is -3.59. The van der Waals surface area contributed by atoms with Crippen molar-refractivity contribution in [2.45, 2.75) is 19.8 Å². The molecule has 1 N–H and O–H groups in total. The van der Waals surface area contributed by atoms with Crippen molar-refractivity contribution < 1.29 is 28.7 Å². The van der Waals surface area contributed by atoms with Crippen LogP contribution in [-0.4, -0.2) is 48.4 Å². The molecule has 0 atom stereocenters. The van der Waals surface area contributed by atoms with E-state index in [1.807, 2.05) is 6.92 Å². The third-order valence-corrected chi connectivity index (χ3v) is 5.70. The minimum Gasteiger partial charge on any atom is -0.465 e. The molecule has 172 valence electrons. The average molecular weight is 469 g/mol. The Kier molecular flexibility index (Phi) is 8.26. The monoisotopic (exact) mass is 468 g/mol. The standard InChI is InChI=1S/C24H24N2O6S/c1-3-4-13-32-23(29)18-9-11-19(12-10-18)25-15-26-21(27)20(33-24(26)30)14-16-5-7-17(8-6-16)22(28)31-2/h5-12,14,25H,3-4,13,15H2,1-2H3/b20-14-. The molecule has 1 fully saturated rings. The van der Waals surface area contributed by atoms with Gasteiger partial charge < -0.3 is 14.8 Å². The van der Waals surface area contributed by atoms with E-state index in [0.717, 1.165) is 29.5 Å². The van der Waals surface area contributed by atoms with Crippen LogP contribution in [0.15, 0.2) is 53.4 Å². The Labute approximate surface area is 195 Å². The number of hydrogen-bond donors (Lipinski definition) is 1. The fourth-order valence-corrected chi connectivity index (χ4v) is 3.75. The molecule has 1 saturated heterocycles. The first-order chi connectivity index (χ1) is 15.9. The highest BCUT2D eigenvalue weighted by Crippen LogP contribution is 2.32. The fraction of sp³-hybridized carbons (Fsp3) is 0.250. The van der Waals surface area contributed by atoms with Gasteiger partial charge >= 0.3 is 11.9 Å². The topological polar surface area (TPSA) is 102 Å². The predicted molar refractivity (Wildman–Crippen MR) is 126 cm³/mol. The molecule has 0 aromatic heterocycles. The summed E-state index contributed by atoms with van der Waals surface area (Å²) in [6.45, 7) is 2.40. The van der Waals surface area contributed by atoms with Crippen molar-refractivity contribution >= 4 is 46.6 Å². The number of ether oxygens (including phenoxy) is 2. The summed E-state index contributed by atoms with van der Waals surface area (Å²) in [7, 11) is 1.30. The Morgan fingerprint density at radius 2 is 1.64 bits per heavy atom. The second-order valence-electron chi connectivity index (χ2n) is 7.13. The SMILES string of the molecule is CCCCOC(=O)c1ccc(NCN2C(=O)S/C(=C\c3ccc(C(=O)OC)cc3)C2=O)cc1. The molecule has 0 radical (unpaired) electrons.